The van der Waals surface area contributed by atoms with Gasteiger partial charge in [0.2, 0.25) is 5.91 Å². The highest BCUT2D eigenvalue weighted by atomic mass is 32.2. The summed E-state index contributed by atoms with van der Waals surface area (Å²) in [5.74, 6) is 0.372. The molecule has 1 aromatic rings. The van der Waals surface area contributed by atoms with Crippen molar-refractivity contribution in [2.24, 2.45) is 5.10 Å². The molecule has 1 amide bonds. The van der Waals surface area contributed by atoms with Crippen LogP contribution in [0.2, 0.25) is 0 Å². The molecule has 0 saturated heterocycles. The van der Waals surface area contributed by atoms with Gasteiger partial charge in [0.05, 0.1) is 16.5 Å². The van der Waals surface area contributed by atoms with Crippen LogP contribution in [0.3, 0.4) is 0 Å². The predicted molar refractivity (Wildman–Crippen MR) is 81.8 cm³/mol. The Morgan fingerprint density at radius 2 is 2.10 bits per heavy atom. The topological polar surface area (TPSA) is 58.5 Å². The molecule has 0 bridgehead atoms. The van der Waals surface area contributed by atoms with Gasteiger partial charge in [-0.05, 0) is 17.7 Å². The largest absolute Gasteiger partial charge is 0.273 e. The number of nitrogens with one attached hydrogen (secondary N) is 1. The summed E-state index contributed by atoms with van der Waals surface area (Å²) in [6, 6.07) is 7.53. The van der Waals surface area contributed by atoms with Crippen LogP contribution in [-0.4, -0.2) is 21.6 Å². The lowest BCUT2D eigenvalue weighted by molar-refractivity contribution is -0.121. The van der Waals surface area contributed by atoms with Crippen molar-refractivity contribution >= 4 is 28.5 Å². The van der Waals surface area contributed by atoms with Gasteiger partial charge in [-0.2, -0.15) is 5.10 Å². The molecule has 0 spiro atoms. The molecule has 1 unspecified atom stereocenters. The number of amides is 1. The Labute approximate surface area is 120 Å². The van der Waals surface area contributed by atoms with E-state index >= 15 is 0 Å². The van der Waals surface area contributed by atoms with Crippen LogP contribution in [0.5, 0.6) is 0 Å². The molecule has 0 saturated carbocycles. The van der Waals surface area contributed by atoms with Crippen LogP contribution < -0.4 is 5.43 Å². The Kier molecular flexibility index (Phi) is 5.01. The Hall–Kier alpha value is -2.01. The van der Waals surface area contributed by atoms with Gasteiger partial charge in [-0.1, -0.05) is 30.4 Å². The number of rotatable bonds is 5. The van der Waals surface area contributed by atoms with E-state index in [0.29, 0.717) is 18.6 Å². The number of hydrogen-bond donors (Lipinski definition) is 1. The number of benzene rings is 1. The summed E-state index contributed by atoms with van der Waals surface area (Å²) >= 11 is 0. The lowest BCUT2D eigenvalue weighted by Crippen LogP contribution is -2.24. The van der Waals surface area contributed by atoms with Gasteiger partial charge in [-0.25, -0.2) is 5.43 Å². The predicted octanol–water partition coefficient (Wildman–Crippen LogP) is 2.26. The van der Waals surface area contributed by atoms with Crippen LogP contribution in [0, 0.1) is 0 Å². The second kappa shape index (κ2) is 6.96. The van der Waals surface area contributed by atoms with Gasteiger partial charge >= 0.3 is 0 Å². The second-order valence-corrected chi connectivity index (χ2v) is 5.77. The SMILES string of the molecule is C=CCS(=O)c1ccccc1C=CC1=NNC(=O)CC1. The number of carbonyl (C=O) groups is 1. The molecular formula is C15H16N2O2S. The number of carbonyl (C=O) groups excluding carboxylic acids is 1. The zero-order valence-corrected chi connectivity index (χ0v) is 11.9. The standard InChI is InChI=1S/C15H16N2O2S/c1-2-11-20(19)14-6-4-3-5-12(14)7-8-13-9-10-15(18)17-16-13/h2-8H,1,9-11H2,(H,17,18). The summed E-state index contributed by atoms with van der Waals surface area (Å²) in [5, 5.41) is 3.97. The van der Waals surface area contributed by atoms with Crippen molar-refractivity contribution in [2.45, 2.75) is 17.7 Å². The van der Waals surface area contributed by atoms with Crippen LogP contribution >= 0.6 is 0 Å². The van der Waals surface area contributed by atoms with Crippen molar-refractivity contribution < 1.29 is 9.00 Å². The van der Waals surface area contributed by atoms with E-state index < -0.39 is 10.8 Å². The van der Waals surface area contributed by atoms with Gasteiger partial charge < -0.3 is 0 Å². The van der Waals surface area contributed by atoms with Gasteiger partial charge in [0.15, 0.2) is 0 Å². The third-order valence-electron chi connectivity index (χ3n) is 2.82. The van der Waals surface area contributed by atoms with Crippen molar-refractivity contribution in [2.75, 3.05) is 5.75 Å². The van der Waals surface area contributed by atoms with E-state index in [1.54, 1.807) is 6.08 Å². The summed E-state index contributed by atoms with van der Waals surface area (Å²) in [7, 11) is -1.09. The minimum atomic E-state index is -1.09. The number of nitrogens with zero attached hydrogens (tertiary/aromatic N) is 1. The minimum absolute atomic E-state index is 0.0605. The normalized spacial score (nSPS) is 16.6. The molecule has 20 heavy (non-hydrogen) atoms. The fourth-order valence-corrected chi connectivity index (χ4v) is 2.84. The molecule has 1 atom stereocenters. The van der Waals surface area contributed by atoms with Crippen molar-refractivity contribution in [1.29, 1.82) is 0 Å². The lowest BCUT2D eigenvalue weighted by atomic mass is 10.1. The van der Waals surface area contributed by atoms with Crippen molar-refractivity contribution in [3.8, 4) is 0 Å². The van der Waals surface area contributed by atoms with Crippen molar-refractivity contribution in [1.82, 2.24) is 5.43 Å². The summed E-state index contributed by atoms with van der Waals surface area (Å²) < 4.78 is 12.1. The van der Waals surface area contributed by atoms with Crippen molar-refractivity contribution in [3.63, 3.8) is 0 Å². The third kappa shape index (κ3) is 3.74. The Balaban J connectivity index is 2.19. The molecule has 104 valence electrons. The van der Waals surface area contributed by atoms with Gasteiger partial charge in [-0.3, -0.25) is 9.00 Å². The highest BCUT2D eigenvalue weighted by molar-refractivity contribution is 7.85. The van der Waals surface area contributed by atoms with Crippen LogP contribution in [0.25, 0.3) is 6.08 Å². The van der Waals surface area contributed by atoms with Gasteiger partial charge in [0.25, 0.3) is 0 Å². The lowest BCUT2D eigenvalue weighted by Gasteiger charge is -2.08. The summed E-state index contributed by atoms with van der Waals surface area (Å²) in [4.78, 5) is 11.8. The van der Waals surface area contributed by atoms with E-state index in [1.807, 2.05) is 36.4 Å². The highest BCUT2D eigenvalue weighted by Crippen LogP contribution is 2.16. The zero-order chi connectivity index (χ0) is 14.4. The molecule has 2 rings (SSSR count). The maximum atomic E-state index is 12.1. The molecular weight excluding hydrogens is 272 g/mol. The number of allylic oxidation sites excluding steroid dienone is 1. The zero-order valence-electron chi connectivity index (χ0n) is 11.0. The monoisotopic (exact) mass is 288 g/mol. The summed E-state index contributed by atoms with van der Waals surface area (Å²) in [6.07, 6.45) is 6.46. The molecule has 0 aliphatic carbocycles. The van der Waals surface area contributed by atoms with E-state index in [2.05, 4.69) is 17.1 Å². The molecule has 1 aromatic carbocycles. The van der Waals surface area contributed by atoms with E-state index in [0.717, 1.165) is 16.2 Å². The van der Waals surface area contributed by atoms with Gasteiger partial charge in [0, 0.05) is 23.5 Å². The average molecular weight is 288 g/mol. The van der Waals surface area contributed by atoms with Crippen LogP contribution in [0.4, 0.5) is 0 Å². The Morgan fingerprint density at radius 3 is 2.80 bits per heavy atom. The first kappa shape index (κ1) is 14.4. The first-order valence-corrected chi connectivity index (χ1v) is 7.64. The molecule has 1 N–H and O–H groups in total. The first-order chi connectivity index (χ1) is 9.70. The first-order valence-electron chi connectivity index (χ1n) is 6.32. The van der Waals surface area contributed by atoms with Crippen LogP contribution in [0.1, 0.15) is 18.4 Å². The number of hydrazone groups is 1. The third-order valence-corrected chi connectivity index (χ3v) is 4.22. The van der Waals surface area contributed by atoms with Gasteiger partial charge in [-0.15, -0.1) is 6.58 Å². The van der Waals surface area contributed by atoms with E-state index in [9.17, 15) is 9.00 Å². The Bertz CT molecular complexity index is 606. The second-order valence-electron chi connectivity index (χ2n) is 4.31. The quantitative estimate of drug-likeness (QED) is 0.845. The smallest absolute Gasteiger partial charge is 0.240 e. The molecule has 0 radical (unpaired) electrons. The maximum absolute atomic E-state index is 12.1. The van der Waals surface area contributed by atoms with E-state index in [1.165, 1.54) is 0 Å². The molecule has 0 fully saturated rings. The summed E-state index contributed by atoms with van der Waals surface area (Å²) in [5.41, 5.74) is 4.16. The fraction of sp³-hybridized carbons (Fsp3) is 0.200. The maximum Gasteiger partial charge on any atom is 0.240 e. The van der Waals surface area contributed by atoms with Crippen molar-refractivity contribution in [3.05, 3.63) is 48.6 Å². The molecule has 1 aliphatic heterocycles. The Morgan fingerprint density at radius 1 is 1.30 bits per heavy atom. The van der Waals surface area contributed by atoms with E-state index in [4.69, 9.17) is 0 Å². The van der Waals surface area contributed by atoms with Gasteiger partial charge in [0.1, 0.15) is 0 Å². The van der Waals surface area contributed by atoms with Crippen LogP contribution in [0.15, 0.2) is 53.0 Å². The fourth-order valence-electron chi connectivity index (χ4n) is 1.82. The molecule has 1 heterocycles. The van der Waals surface area contributed by atoms with E-state index in [-0.39, 0.29) is 5.91 Å². The number of hydrogen-bond acceptors (Lipinski definition) is 3. The molecule has 0 aromatic heterocycles. The average Bonchev–Trinajstić information content (AvgIpc) is 2.47. The minimum Gasteiger partial charge on any atom is -0.273 e. The molecule has 5 heteroatoms. The highest BCUT2D eigenvalue weighted by Gasteiger charge is 2.10. The molecule has 1 aliphatic rings. The van der Waals surface area contributed by atoms with Crippen LogP contribution in [-0.2, 0) is 15.6 Å². The molecule has 4 nitrogen and oxygen atoms in total. The summed E-state index contributed by atoms with van der Waals surface area (Å²) in [6.45, 7) is 3.61.